The Labute approximate surface area is 128 Å². The zero-order valence-corrected chi connectivity index (χ0v) is 11.7. The van der Waals surface area contributed by atoms with Gasteiger partial charge in [-0.15, -0.1) is 0 Å². The quantitative estimate of drug-likeness (QED) is 0.567. The Hall–Kier alpha value is -2.93. The van der Waals surface area contributed by atoms with E-state index in [0.29, 0.717) is 22.2 Å². The number of nitro groups is 1. The number of benzene rings is 2. The molecule has 2 N–H and O–H groups in total. The fourth-order valence-electron chi connectivity index (χ4n) is 2.24. The molecule has 0 spiro atoms. The summed E-state index contributed by atoms with van der Waals surface area (Å²) in [6, 6.07) is 8.83. The van der Waals surface area contributed by atoms with Crippen molar-refractivity contribution in [3.63, 3.8) is 0 Å². The number of para-hydroxylation sites is 1. The van der Waals surface area contributed by atoms with Crippen LogP contribution in [0.5, 0.6) is 0 Å². The number of hydrogen-bond acceptors (Lipinski definition) is 4. The maximum Gasteiger partial charge on any atom is 0.337 e. The largest absolute Gasteiger partial charge is 0.478 e. The van der Waals surface area contributed by atoms with E-state index in [1.165, 1.54) is 24.3 Å². The standard InChI is InChI=1S/C14H8ClN3O4/c15-11-6-7(18(21)22)4-5-8(11)12-9-2-1-3-10(14(19)20)13(9)17-16-12/h1-6H,(H,16,17)(H,19,20). The molecule has 8 heteroatoms. The van der Waals surface area contributed by atoms with Crippen molar-refractivity contribution in [3.05, 3.63) is 57.1 Å². The molecule has 3 rings (SSSR count). The van der Waals surface area contributed by atoms with Gasteiger partial charge in [0.1, 0.15) is 5.52 Å². The molecule has 110 valence electrons. The highest BCUT2D eigenvalue weighted by Gasteiger charge is 2.17. The summed E-state index contributed by atoms with van der Waals surface area (Å²) >= 11 is 6.10. The number of nitrogens with one attached hydrogen (secondary N) is 1. The van der Waals surface area contributed by atoms with E-state index in [9.17, 15) is 14.9 Å². The summed E-state index contributed by atoms with van der Waals surface area (Å²) in [6.07, 6.45) is 0. The Morgan fingerprint density at radius 3 is 2.73 bits per heavy atom. The molecule has 0 aliphatic heterocycles. The Bertz CT molecular complexity index is 920. The summed E-state index contributed by atoms with van der Waals surface area (Å²) in [6.45, 7) is 0. The molecule has 0 aliphatic rings. The van der Waals surface area contributed by atoms with Crippen LogP contribution in [0.3, 0.4) is 0 Å². The molecule has 3 aromatic rings. The maximum absolute atomic E-state index is 11.2. The summed E-state index contributed by atoms with van der Waals surface area (Å²) in [4.78, 5) is 21.4. The van der Waals surface area contributed by atoms with Crippen molar-refractivity contribution in [2.24, 2.45) is 0 Å². The molecule has 0 atom stereocenters. The van der Waals surface area contributed by atoms with E-state index in [2.05, 4.69) is 10.2 Å². The molecule has 0 radical (unpaired) electrons. The third kappa shape index (κ3) is 2.17. The van der Waals surface area contributed by atoms with Crippen molar-refractivity contribution in [1.29, 1.82) is 0 Å². The lowest BCUT2D eigenvalue weighted by Crippen LogP contribution is -1.96. The van der Waals surface area contributed by atoms with Gasteiger partial charge in [0.25, 0.3) is 5.69 Å². The molecule has 22 heavy (non-hydrogen) atoms. The van der Waals surface area contributed by atoms with Crippen LogP contribution in [0.2, 0.25) is 5.02 Å². The maximum atomic E-state index is 11.2. The van der Waals surface area contributed by atoms with Crippen LogP contribution in [-0.2, 0) is 0 Å². The zero-order valence-electron chi connectivity index (χ0n) is 10.9. The fourth-order valence-corrected chi connectivity index (χ4v) is 2.51. The van der Waals surface area contributed by atoms with Gasteiger partial charge >= 0.3 is 5.97 Å². The Kier molecular flexibility index (Phi) is 3.26. The smallest absolute Gasteiger partial charge is 0.337 e. The first-order valence-corrected chi connectivity index (χ1v) is 6.51. The third-order valence-corrected chi connectivity index (χ3v) is 3.56. The van der Waals surface area contributed by atoms with E-state index in [0.717, 1.165) is 0 Å². The van der Waals surface area contributed by atoms with Crippen LogP contribution < -0.4 is 0 Å². The van der Waals surface area contributed by atoms with E-state index in [-0.39, 0.29) is 16.3 Å². The van der Waals surface area contributed by atoms with Gasteiger partial charge in [0, 0.05) is 23.1 Å². The molecule has 0 fully saturated rings. The molecule has 0 aliphatic carbocycles. The number of carboxylic acid groups (broad SMARTS) is 1. The van der Waals surface area contributed by atoms with Gasteiger partial charge in [-0.25, -0.2) is 4.79 Å². The zero-order chi connectivity index (χ0) is 15.9. The number of aromatic carboxylic acids is 1. The number of nitro benzene ring substituents is 1. The second kappa shape index (κ2) is 5.12. The summed E-state index contributed by atoms with van der Waals surface area (Å²) in [5, 5.41) is 27.4. The van der Waals surface area contributed by atoms with E-state index in [1.807, 2.05) is 0 Å². The number of aromatic nitrogens is 2. The number of carbonyl (C=O) groups is 1. The van der Waals surface area contributed by atoms with Gasteiger partial charge in [-0.1, -0.05) is 23.7 Å². The van der Waals surface area contributed by atoms with E-state index >= 15 is 0 Å². The van der Waals surface area contributed by atoms with E-state index < -0.39 is 10.9 Å². The van der Waals surface area contributed by atoms with Crippen LogP contribution in [0, 0.1) is 10.1 Å². The van der Waals surface area contributed by atoms with Crippen LogP contribution in [0.4, 0.5) is 5.69 Å². The molecule has 1 heterocycles. The number of non-ortho nitro benzene ring substituents is 1. The van der Waals surface area contributed by atoms with Gasteiger partial charge in [-0.05, 0) is 12.1 Å². The predicted octanol–water partition coefficient (Wildman–Crippen LogP) is 3.49. The van der Waals surface area contributed by atoms with Crippen LogP contribution in [-0.4, -0.2) is 26.2 Å². The number of carboxylic acids is 1. The first-order chi connectivity index (χ1) is 10.5. The molecule has 0 amide bonds. The normalized spacial score (nSPS) is 10.8. The van der Waals surface area contributed by atoms with Gasteiger partial charge in [0.2, 0.25) is 0 Å². The second-order valence-electron chi connectivity index (χ2n) is 4.53. The van der Waals surface area contributed by atoms with Crippen molar-refractivity contribution in [2.75, 3.05) is 0 Å². The van der Waals surface area contributed by atoms with Crippen LogP contribution in [0.15, 0.2) is 36.4 Å². The molecular formula is C14H8ClN3O4. The minimum atomic E-state index is -1.08. The number of H-pyrrole nitrogens is 1. The number of hydrogen-bond donors (Lipinski definition) is 2. The minimum Gasteiger partial charge on any atom is -0.478 e. The Morgan fingerprint density at radius 1 is 1.32 bits per heavy atom. The Balaban J connectivity index is 2.21. The number of nitrogens with zero attached hydrogens (tertiary/aromatic N) is 2. The monoisotopic (exact) mass is 317 g/mol. The first kappa shape index (κ1) is 14.0. The number of halogens is 1. The van der Waals surface area contributed by atoms with E-state index in [4.69, 9.17) is 16.7 Å². The van der Waals surface area contributed by atoms with Gasteiger partial charge in [0.05, 0.1) is 21.2 Å². The molecule has 7 nitrogen and oxygen atoms in total. The predicted molar refractivity (Wildman–Crippen MR) is 80.2 cm³/mol. The van der Waals surface area contributed by atoms with Crippen molar-refractivity contribution in [2.45, 2.75) is 0 Å². The van der Waals surface area contributed by atoms with Crippen LogP contribution >= 0.6 is 11.6 Å². The lowest BCUT2D eigenvalue weighted by atomic mass is 10.0. The SMILES string of the molecule is O=C(O)c1cccc2c(-c3ccc([N+](=O)[O-])cc3Cl)[nH]nc12. The molecule has 0 bridgehead atoms. The highest BCUT2D eigenvalue weighted by Crippen LogP contribution is 2.34. The molecule has 0 unspecified atom stereocenters. The van der Waals surface area contributed by atoms with Crippen LogP contribution in [0.1, 0.15) is 10.4 Å². The third-order valence-electron chi connectivity index (χ3n) is 3.25. The van der Waals surface area contributed by atoms with Crippen molar-refractivity contribution >= 4 is 34.2 Å². The van der Waals surface area contributed by atoms with Gasteiger partial charge in [-0.3, -0.25) is 15.2 Å². The number of aromatic amines is 1. The summed E-state index contributed by atoms with van der Waals surface area (Å²) < 4.78 is 0. The van der Waals surface area contributed by atoms with Crippen LogP contribution in [0.25, 0.3) is 22.2 Å². The highest BCUT2D eigenvalue weighted by molar-refractivity contribution is 6.34. The average molecular weight is 318 g/mol. The molecule has 1 aromatic heterocycles. The Morgan fingerprint density at radius 2 is 2.09 bits per heavy atom. The molecular weight excluding hydrogens is 310 g/mol. The first-order valence-electron chi connectivity index (χ1n) is 6.13. The topological polar surface area (TPSA) is 109 Å². The minimum absolute atomic E-state index is 0.0676. The van der Waals surface area contributed by atoms with Crippen molar-refractivity contribution in [1.82, 2.24) is 10.2 Å². The fraction of sp³-hybridized carbons (Fsp3) is 0. The molecule has 0 saturated heterocycles. The molecule has 2 aromatic carbocycles. The summed E-state index contributed by atoms with van der Waals surface area (Å²) in [5.41, 5.74) is 1.27. The molecule has 0 saturated carbocycles. The van der Waals surface area contributed by atoms with Gasteiger partial charge in [0.15, 0.2) is 0 Å². The van der Waals surface area contributed by atoms with Gasteiger partial charge in [-0.2, -0.15) is 5.10 Å². The number of fused-ring (bicyclic) bond motifs is 1. The van der Waals surface area contributed by atoms with E-state index in [1.54, 1.807) is 12.1 Å². The lowest BCUT2D eigenvalue weighted by Gasteiger charge is -2.02. The lowest BCUT2D eigenvalue weighted by molar-refractivity contribution is -0.384. The van der Waals surface area contributed by atoms with Gasteiger partial charge < -0.3 is 5.11 Å². The summed E-state index contributed by atoms with van der Waals surface area (Å²) in [7, 11) is 0. The second-order valence-corrected chi connectivity index (χ2v) is 4.93. The summed E-state index contributed by atoms with van der Waals surface area (Å²) in [5.74, 6) is -1.08. The van der Waals surface area contributed by atoms with Crippen molar-refractivity contribution < 1.29 is 14.8 Å². The average Bonchev–Trinajstić information content (AvgIpc) is 2.90. The number of rotatable bonds is 3. The highest BCUT2D eigenvalue weighted by atomic mass is 35.5. The van der Waals surface area contributed by atoms with Crippen molar-refractivity contribution in [3.8, 4) is 11.3 Å².